The van der Waals surface area contributed by atoms with Crippen molar-refractivity contribution in [2.45, 2.75) is 12.3 Å². The number of urea groups is 1. The van der Waals surface area contributed by atoms with Gasteiger partial charge in [-0.1, -0.05) is 0 Å². The van der Waals surface area contributed by atoms with Crippen LogP contribution in [-0.2, 0) is 0 Å². The summed E-state index contributed by atoms with van der Waals surface area (Å²) >= 11 is 0. The van der Waals surface area contributed by atoms with Crippen LogP contribution in [0.5, 0.6) is 5.75 Å². The van der Waals surface area contributed by atoms with Crippen molar-refractivity contribution in [2.24, 2.45) is 0 Å². The van der Waals surface area contributed by atoms with Crippen LogP contribution in [0.2, 0.25) is 0 Å². The molecule has 0 bridgehead atoms. The van der Waals surface area contributed by atoms with Crippen molar-refractivity contribution in [3.05, 3.63) is 30.8 Å². The summed E-state index contributed by atoms with van der Waals surface area (Å²) in [6.45, 7) is 1.81. The highest BCUT2D eigenvalue weighted by Crippen LogP contribution is 2.37. The van der Waals surface area contributed by atoms with E-state index in [2.05, 4.69) is 10.1 Å². The zero-order chi connectivity index (χ0) is 15.0. The Morgan fingerprint density at radius 3 is 2.15 bits per heavy atom. The van der Waals surface area contributed by atoms with Gasteiger partial charge in [-0.15, -0.1) is 0 Å². The molecule has 1 aromatic carbocycles. The highest BCUT2D eigenvalue weighted by molar-refractivity contribution is 5.95. The third-order valence-electron chi connectivity index (χ3n) is 2.44. The molecule has 0 atom stereocenters. The number of alkyl halides is 5. The van der Waals surface area contributed by atoms with E-state index in [0.29, 0.717) is 12.2 Å². The summed E-state index contributed by atoms with van der Waals surface area (Å²) in [6.07, 6.45) is -11.1. The summed E-state index contributed by atoms with van der Waals surface area (Å²) in [7, 11) is 0. The number of nitrogens with one attached hydrogen (secondary N) is 1. The van der Waals surface area contributed by atoms with Crippen LogP contribution in [0.15, 0.2) is 24.3 Å². The Morgan fingerprint density at radius 1 is 1.10 bits per heavy atom. The normalized spacial score (nSPS) is 16.2. The van der Waals surface area contributed by atoms with Crippen LogP contribution in [0.1, 0.15) is 0 Å². The first-order valence-corrected chi connectivity index (χ1v) is 5.35. The molecule has 0 saturated carbocycles. The Kier molecular flexibility index (Phi) is 3.45. The molecule has 0 unspecified atom stereocenters. The van der Waals surface area contributed by atoms with Crippen molar-refractivity contribution in [3.63, 3.8) is 0 Å². The van der Waals surface area contributed by atoms with Gasteiger partial charge in [-0.3, -0.25) is 4.90 Å². The standard InChI is InChI=1S/C11H8F5N2O2/c12-10(13,14)11(15,16)20-8-3-1-7(2-4-8)18-6-5-17-9(18)19/h1-4,6H,5H2,(H,17,19). The van der Waals surface area contributed by atoms with Gasteiger partial charge in [0, 0.05) is 12.2 Å². The molecule has 2 amide bonds. The quantitative estimate of drug-likeness (QED) is 0.871. The Hall–Kier alpha value is -2.06. The van der Waals surface area contributed by atoms with Gasteiger partial charge in [-0.25, -0.2) is 4.79 Å². The Morgan fingerprint density at radius 2 is 1.70 bits per heavy atom. The van der Waals surface area contributed by atoms with Gasteiger partial charge < -0.3 is 10.1 Å². The zero-order valence-electron chi connectivity index (χ0n) is 9.75. The van der Waals surface area contributed by atoms with E-state index >= 15 is 0 Å². The van der Waals surface area contributed by atoms with Crippen molar-refractivity contribution >= 4 is 11.7 Å². The monoisotopic (exact) mass is 295 g/mol. The Balaban J connectivity index is 2.11. The highest BCUT2D eigenvalue weighted by Gasteiger charge is 2.61. The summed E-state index contributed by atoms with van der Waals surface area (Å²) in [5, 5.41) is 2.47. The van der Waals surface area contributed by atoms with Crippen molar-refractivity contribution in [2.75, 3.05) is 11.4 Å². The molecule has 9 heteroatoms. The van der Waals surface area contributed by atoms with Crippen molar-refractivity contribution in [3.8, 4) is 5.75 Å². The fraction of sp³-hybridized carbons (Fsp3) is 0.273. The number of carbonyl (C=O) groups excluding carboxylic acids is 1. The van der Waals surface area contributed by atoms with E-state index in [9.17, 15) is 26.7 Å². The van der Waals surface area contributed by atoms with E-state index in [4.69, 9.17) is 0 Å². The molecule has 1 aliphatic heterocycles. The number of hydrogen-bond donors (Lipinski definition) is 1. The second-order valence-electron chi connectivity index (χ2n) is 3.85. The molecule has 4 nitrogen and oxygen atoms in total. The SMILES string of the molecule is O=C1NC[CH]N1c1ccc(OC(F)(F)C(F)(F)F)cc1. The molecular weight excluding hydrogens is 287 g/mol. The van der Waals surface area contributed by atoms with Gasteiger partial charge in [0.25, 0.3) is 0 Å². The van der Waals surface area contributed by atoms with Crippen molar-refractivity contribution in [1.82, 2.24) is 5.32 Å². The molecule has 20 heavy (non-hydrogen) atoms. The van der Waals surface area contributed by atoms with Crippen LogP contribution in [0.4, 0.5) is 32.4 Å². The number of amides is 2. The summed E-state index contributed by atoms with van der Waals surface area (Å²) in [5.74, 6) is -0.657. The third kappa shape index (κ3) is 2.75. The summed E-state index contributed by atoms with van der Waals surface area (Å²) < 4.78 is 64.8. The fourth-order valence-electron chi connectivity index (χ4n) is 1.50. The van der Waals surface area contributed by atoms with E-state index < -0.39 is 24.1 Å². The number of carbonyl (C=O) groups is 1. The van der Waals surface area contributed by atoms with Gasteiger partial charge in [0.1, 0.15) is 5.75 Å². The molecule has 0 aromatic heterocycles. The van der Waals surface area contributed by atoms with Gasteiger partial charge in [-0.05, 0) is 24.3 Å². The highest BCUT2D eigenvalue weighted by atomic mass is 19.4. The maximum Gasteiger partial charge on any atom is 0.499 e. The molecule has 1 heterocycles. The van der Waals surface area contributed by atoms with Gasteiger partial charge >= 0.3 is 18.3 Å². The number of nitrogens with zero attached hydrogens (tertiary/aromatic N) is 1. The van der Waals surface area contributed by atoms with Crippen molar-refractivity contribution in [1.29, 1.82) is 0 Å². The first-order valence-electron chi connectivity index (χ1n) is 5.35. The van der Waals surface area contributed by atoms with E-state index in [1.165, 1.54) is 23.6 Å². The van der Waals surface area contributed by atoms with E-state index in [1.807, 2.05) is 0 Å². The Labute approximate surface area is 110 Å². The second kappa shape index (κ2) is 4.80. The van der Waals surface area contributed by atoms with Gasteiger partial charge in [0.05, 0.1) is 6.54 Å². The van der Waals surface area contributed by atoms with E-state index in [-0.39, 0.29) is 0 Å². The van der Waals surface area contributed by atoms with Gasteiger partial charge in [0.2, 0.25) is 0 Å². The molecule has 0 spiro atoms. The number of anilines is 1. The number of rotatable bonds is 3. The molecule has 2 rings (SSSR count). The lowest BCUT2D eigenvalue weighted by atomic mass is 10.3. The minimum Gasteiger partial charge on any atom is -0.426 e. The lowest BCUT2D eigenvalue weighted by molar-refractivity contribution is -0.360. The first kappa shape index (κ1) is 14.4. The molecule has 1 aromatic rings. The first-order chi connectivity index (χ1) is 9.21. The van der Waals surface area contributed by atoms with Crippen LogP contribution in [-0.4, -0.2) is 24.9 Å². The number of halogens is 5. The lowest BCUT2D eigenvalue weighted by Gasteiger charge is -2.20. The number of benzene rings is 1. The average Bonchev–Trinajstić information content (AvgIpc) is 2.74. The van der Waals surface area contributed by atoms with Crippen LogP contribution < -0.4 is 15.0 Å². The summed E-state index contributed by atoms with van der Waals surface area (Å²) in [4.78, 5) is 12.5. The summed E-state index contributed by atoms with van der Waals surface area (Å²) in [6, 6.07) is 3.83. The molecule has 109 valence electrons. The predicted octanol–water partition coefficient (Wildman–Crippen LogP) is 2.91. The molecule has 1 N–H and O–H groups in total. The van der Waals surface area contributed by atoms with Gasteiger partial charge in [0.15, 0.2) is 0 Å². The molecule has 1 aliphatic rings. The molecule has 0 aliphatic carbocycles. The van der Waals surface area contributed by atoms with Crippen LogP contribution in [0, 0.1) is 6.54 Å². The van der Waals surface area contributed by atoms with E-state index in [1.54, 1.807) is 0 Å². The number of ether oxygens (including phenoxy) is 1. The molecule has 1 saturated heterocycles. The van der Waals surface area contributed by atoms with Gasteiger partial charge in [-0.2, -0.15) is 22.0 Å². The smallest absolute Gasteiger partial charge is 0.426 e. The molecule has 1 radical (unpaired) electrons. The zero-order valence-corrected chi connectivity index (χ0v) is 9.75. The largest absolute Gasteiger partial charge is 0.499 e. The second-order valence-corrected chi connectivity index (χ2v) is 3.85. The van der Waals surface area contributed by atoms with E-state index in [0.717, 1.165) is 12.1 Å². The van der Waals surface area contributed by atoms with Crippen LogP contribution in [0.3, 0.4) is 0 Å². The maximum atomic E-state index is 12.7. The average molecular weight is 295 g/mol. The van der Waals surface area contributed by atoms with Crippen molar-refractivity contribution < 1.29 is 31.5 Å². The minimum atomic E-state index is -5.80. The lowest BCUT2D eigenvalue weighted by Crippen LogP contribution is -2.41. The fourth-order valence-corrected chi connectivity index (χ4v) is 1.50. The maximum absolute atomic E-state index is 12.7. The summed E-state index contributed by atoms with van der Waals surface area (Å²) in [5.41, 5.74) is 0.322. The number of hydrogen-bond acceptors (Lipinski definition) is 2. The molecule has 1 fully saturated rings. The Bertz CT molecular complexity index is 501. The molecular formula is C11H8F5N2O2. The minimum absolute atomic E-state index is 0.309. The van der Waals surface area contributed by atoms with Crippen LogP contribution in [0.25, 0.3) is 0 Å². The predicted molar refractivity (Wildman–Crippen MR) is 58.2 cm³/mol. The van der Waals surface area contributed by atoms with Crippen LogP contribution >= 0.6 is 0 Å². The topological polar surface area (TPSA) is 41.6 Å². The third-order valence-corrected chi connectivity index (χ3v) is 2.44.